The molecule has 1 aromatic carbocycles. The Kier molecular flexibility index (Phi) is 15.1. The zero-order chi connectivity index (χ0) is 37.1. The highest BCUT2D eigenvalue weighted by molar-refractivity contribution is 5.72. The fourth-order valence-electron chi connectivity index (χ4n) is 9.33. The van der Waals surface area contributed by atoms with Crippen LogP contribution in [0.25, 0.3) is 0 Å². The Morgan fingerprint density at radius 1 is 0.804 bits per heavy atom. The molecule has 4 rings (SSSR count). The van der Waals surface area contributed by atoms with Gasteiger partial charge in [0.25, 0.3) is 0 Å². The first kappa shape index (κ1) is 41.4. The summed E-state index contributed by atoms with van der Waals surface area (Å²) in [5, 5.41) is 0. The lowest BCUT2D eigenvalue weighted by Gasteiger charge is -2.52. The minimum atomic E-state index is -0.865. The van der Waals surface area contributed by atoms with Crippen LogP contribution in [0.15, 0.2) is 18.2 Å². The van der Waals surface area contributed by atoms with E-state index < -0.39 is 16.8 Å². The molecule has 3 aliphatic rings. The van der Waals surface area contributed by atoms with Crippen LogP contribution in [0.1, 0.15) is 194 Å². The lowest BCUT2D eigenvalue weighted by atomic mass is 9.53. The molecule has 0 N–H and O–H groups in total. The second-order valence-electron chi connectivity index (χ2n) is 17.3. The molecule has 2 saturated carbocycles. The smallest absolute Gasteiger partial charge is 0.311 e. The summed E-state index contributed by atoms with van der Waals surface area (Å²) in [5.41, 5.74) is 0.319. The van der Waals surface area contributed by atoms with Gasteiger partial charge in [0, 0.05) is 18.3 Å². The summed E-state index contributed by atoms with van der Waals surface area (Å²) in [5.74, 6) is 8.78. The molecule has 0 bridgehead atoms. The Hall–Kier alpha value is -2.36. The monoisotopic (exact) mass is 707 g/mol. The molecule has 0 aliphatic heterocycles. The molecular formula is C45H70O6. The summed E-state index contributed by atoms with van der Waals surface area (Å²) >= 11 is 0. The van der Waals surface area contributed by atoms with Gasteiger partial charge in [0.05, 0.1) is 5.60 Å². The van der Waals surface area contributed by atoms with E-state index in [1.165, 1.54) is 43.2 Å². The third-order valence-corrected chi connectivity index (χ3v) is 12.2. The Labute approximate surface area is 310 Å². The number of unbranched alkanes of at least 4 members (excludes halogenated alkanes) is 8. The first-order chi connectivity index (χ1) is 24.3. The quantitative estimate of drug-likeness (QED) is 0.0356. The molecule has 0 radical (unpaired) electrons. The number of hydrogen-bond acceptors (Lipinski definition) is 6. The van der Waals surface area contributed by atoms with Crippen LogP contribution in [-0.4, -0.2) is 28.7 Å². The summed E-state index contributed by atoms with van der Waals surface area (Å²) in [6.45, 7) is 16.9. The number of aryl methyl sites for hydroxylation is 1. The fourth-order valence-corrected chi connectivity index (χ4v) is 9.33. The van der Waals surface area contributed by atoms with E-state index in [4.69, 9.17) is 19.2 Å². The molecular weight excluding hydrogens is 636 g/mol. The van der Waals surface area contributed by atoms with E-state index in [0.29, 0.717) is 36.3 Å². The molecule has 1 unspecified atom stereocenters. The maximum atomic E-state index is 13.6. The van der Waals surface area contributed by atoms with E-state index in [1.807, 2.05) is 33.8 Å². The van der Waals surface area contributed by atoms with Gasteiger partial charge in [-0.3, -0.25) is 9.59 Å². The molecule has 0 saturated heterocycles. The van der Waals surface area contributed by atoms with Gasteiger partial charge in [-0.25, -0.2) is 9.78 Å². The molecule has 0 spiro atoms. The van der Waals surface area contributed by atoms with Crippen molar-refractivity contribution in [1.29, 1.82) is 0 Å². The van der Waals surface area contributed by atoms with Crippen molar-refractivity contribution in [3.63, 3.8) is 0 Å². The first-order valence-corrected chi connectivity index (χ1v) is 20.7. The zero-order valence-corrected chi connectivity index (χ0v) is 33.6. The maximum absolute atomic E-state index is 13.6. The van der Waals surface area contributed by atoms with Crippen LogP contribution in [0.4, 0.5) is 0 Å². The van der Waals surface area contributed by atoms with Crippen LogP contribution in [-0.2, 0) is 30.5 Å². The van der Waals surface area contributed by atoms with Crippen molar-refractivity contribution >= 4 is 11.9 Å². The van der Waals surface area contributed by atoms with E-state index >= 15 is 0 Å². The average Bonchev–Trinajstić information content (AvgIpc) is 3.38. The van der Waals surface area contributed by atoms with Gasteiger partial charge in [-0.1, -0.05) is 103 Å². The van der Waals surface area contributed by atoms with Gasteiger partial charge >= 0.3 is 11.9 Å². The Morgan fingerprint density at radius 3 is 2.14 bits per heavy atom. The molecule has 0 heterocycles. The third kappa shape index (κ3) is 10.8. The van der Waals surface area contributed by atoms with E-state index in [9.17, 15) is 9.59 Å². The molecule has 6 nitrogen and oxygen atoms in total. The van der Waals surface area contributed by atoms with Gasteiger partial charge in [0.2, 0.25) is 0 Å². The van der Waals surface area contributed by atoms with Crippen LogP contribution < -0.4 is 4.74 Å². The highest BCUT2D eigenvalue weighted by atomic mass is 17.2. The number of carbonyl (C=O) groups excluding carboxylic acids is 2. The van der Waals surface area contributed by atoms with Crippen molar-refractivity contribution < 1.29 is 28.8 Å². The minimum Gasteiger partial charge on any atom is -0.445 e. The second kappa shape index (κ2) is 18.6. The number of fused-ring (bicyclic) bond motifs is 5. The number of carbonyl (C=O) groups is 2. The number of rotatable bonds is 19. The van der Waals surface area contributed by atoms with Crippen molar-refractivity contribution in [2.45, 2.75) is 207 Å². The third-order valence-electron chi connectivity index (χ3n) is 12.2. The maximum Gasteiger partial charge on any atom is 0.311 e. The second-order valence-corrected chi connectivity index (χ2v) is 17.3. The Balaban J connectivity index is 1.51. The minimum absolute atomic E-state index is 0.124. The van der Waals surface area contributed by atoms with E-state index in [1.54, 1.807) is 0 Å². The Bertz CT molecular complexity index is 1350. The lowest BCUT2D eigenvalue weighted by Crippen LogP contribution is -2.52. The predicted octanol–water partition coefficient (Wildman–Crippen LogP) is 11.8. The molecule has 5 atom stereocenters. The topological polar surface area (TPSA) is 71.1 Å². The summed E-state index contributed by atoms with van der Waals surface area (Å²) in [6.07, 6.45) is 19.6. The van der Waals surface area contributed by atoms with Crippen LogP contribution in [0.3, 0.4) is 0 Å². The highest BCUT2D eigenvalue weighted by Crippen LogP contribution is 2.65. The largest absolute Gasteiger partial charge is 0.445 e. The molecule has 2 fully saturated rings. The van der Waals surface area contributed by atoms with Crippen LogP contribution in [0, 0.1) is 29.1 Å². The van der Waals surface area contributed by atoms with Gasteiger partial charge < -0.3 is 9.47 Å². The van der Waals surface area contributed by atoms with Crippen LogP contribution in [0.2, 0.25) is 0 Å². The standard InChI is InChI=1S/C45H70O6/c1-9-12-14-16-18-20-40(46)48-35-23-25-36-34(33-35)22-24-38-37(36)26-29-44(8)39(38)27-30-45(44,49-41(47)21-19-17-15-13-10-2)32-31-43(6,7)51-50-42(4,5)28-11-3/h23,25,33,37-39H,9-22,24,26-30H2,1-8H3/t37-,38-,39+,44+,45?/m1/s1. The first-order valence-electron chi connectivity index (χ1n) is 20.7. The summed E-state index contributed by atoms with van der Waals surface area (Å²) in [7, 11) is 0. The lowest BCUT2D eigenvalue weighted by molar-refractivity contribution is -0.389. The van der Waals surface area contributed by atoms with Crippen LogP contribution in [0.5, 0.6) is 5.75 Å². The van der Waals surface area contributed by atoms with Crippen molar-refractivity contribution in [2.24, 2.45) is 17.3 Å². The van der Waals surface area contributed by atoms with Gasteiger partial charge in [-0.2, -0.15) is 0 Å². The average molecular weight is 707 g/mol. The van der Waals surface area contributed by atoms with Crippen LogP contribution >= 0.6 is 0 Å². The summed E-state index contributed by atoms with van der Waals surface area (Å²) in [6, 6.07) is 6.34. The van der Waals surface area contributed by atoms with Crippen molar-refractivity contribution in [1.82, 2.24) is 0 Å². The normalized spacial score (nSPS) is 25.6. The van der Waals surface area contributed by atoms with Gasteiger partial charge in [0.15, 0.2) is 11.2 Å². The molecule has 3 aliphatic carbocycles. The fraction of sp³-hybridized carbons (Fsp3) is 0.778. The van der Waals surface area contributed by atoms with E-state index in [2.05, 4.69) is 51.7 Å². The van der Waals surface area contributed by atoms with E-state index in [-0.39, 0.29) is 17.4 Å². The van der Waals surface area contributed by atoms with Crippen molar-refractivity contribution in [2.75, 3.05) is 0 Å². The highest BCUT2D eigenvalue weighted by Gasteiger charge is 2.64. The molecule has 51 heavy (non-hydrogen) atoms. The molecule has 1 aromatic rings. The zero-order valence-electron chi connectivity index (χ0n) is 33.6. The number of ether oxygens (including phenoxy) is 2. The number of hydrogen-bond donors (Lipinski definition) is 0. The summed E-state index contributed by atoms with van der Waals surface area (Å²) < 4.78 is 12.4. The molecule has 286 valence electrons. The van der Waals surface area contributed by atoms with Gasteiger partial charge in [-0.05, 0) is 126 Å². The Morgan fingerprint density at radius 2 is 1.47 bits per heavy atom. The number of benzene rings is 1. The SMILES string of the molecule is CCCCCCCC(=O)Oc1ccc2c(c1)CC[C@@H]1[C@@H]2CC[C@@]2(C)[C@H]1CCC2(C#CC(C)(C)OOC(C)(C)CCC)OC(=O)CCCCCCC. The van der Waals surface area contributed by atoms with E-state index in [0.717, 1.165) is 83.5 Å². The predicted molar refractivity (Wildman–Crippen MR) is 205 cm³/mol. The number of esters is 2. The summed E-state index contributed by atoms with van der Waals surface area (Å²) in [4.78, 5) is 38.0. The van der Waals surface area contributed by atoms with Crippen molar-refractivity contribution in [3.8, 4) is 17.6 Å². The van der Waals surface area contributed by atoms with Crippen molar-refractivity contribution in [3.05, 3.63) is 29.3 Å². The molecule has 0 amide bonds. The van der Waals surface area contributed by atoms with Gasteiger partial charge in [0.1, 0.15) is 5.75 Å². The molecule has 6 heteroatoms. The van der Waals surface area contributed by atoms with Gasteiger partial charge in [-0.15, -0.1) is 0 Å². The molecule has 0 aromatic heterocycles.